The summed E-state index contributed by atoms with van der Waals surface area (Å²) in [4.78, 5) is 14.7. The summed E-state index contributed by atoms with van der Waals surface area (Å²) in [6, 6.07) is 7.34. The summed E-state index contributed by atoms with van der Waals surface area (Å²) < 4.78 is 7.52. The molecule has 7 heteroatoms. The van der Waals surface area contributed by atoms with Gasteiger partial charge in [0.2, 0.25) is 0 Å². The summed E-state index contributed by atoms with van der Waals surface area (Å²) in [6.07, 6.45) is 2.32. The molecule has 1 saturated heterocycles. The van der Waals surface area contributed by atoms with Gasteiger partial charge in [-0.15, -0.1) is 10.2 Å². The summed E-state index contributed by atoms with van der Waals surface area (Å²) in [5, 5.41) is 12.2. The SMILES string of the molecule is COc1ccccc1C(=O)N1CCn2c(nnc2C2CCCNC2)C1. The number of nitrogens with one attached hydrogen (secondary N) is 1. The van der Waals surface area contributed by atoms with E-state index in [1.807, 2.05) is 23.1 Å². The van der Waals surface area contributed by atoms with Gasteiger partial charge in [-0.1, -0.05) is 12.1 Å². The van der Waals surface area contributed by atoms with Crippen molar-refractivity contribution in [2.45, 2.75) is 31.8 Å². The standard InChI is InChI=1S/C18H23N5O2/c1-25-15-7-3-2-6-14(15)18(24)22-9-10-23-16(12-22)20-21-17(23)13-5-4-8-19-11-13/h2-3,6-7,13,19H,4-5,8-12H2,1H3. The van der Waals surface area contributed by atoms with E-state index in [-0.39, 0.29) is 5.91 Å². The fourth-order valence-corrected chi connectivity index (χ4v) is 3.72. The molecule has 1 fully saturated rings. The number of rotatable bonds is 3. The maximum Gasteiger partial charge on any atom is 0.258 e. The van der Waals surface area contributed by atoms with Gasteiger partial charge >= 0.3 is 0 Å². The van der Waals surface area contributed by atoms with E-state index in [1.165, 1.54) is 6.42 Å². The number of para-hydroxylation sites is 1. The van der Waals surface area contributed by atoms with Crippen molar-refractivity contribution in [3.63, 3.8) is 0 Å². The molecule has 4 rings (SSSR count). The fourth-order valence-electron chi connectivity index (χ4n) is 3.72. The molecule has 0 aliphatic carbocycles. The van der Waals surface area contributed by atoms with Crippen LogP contribution in [0.15, 0.2) is 24.3 Å². The lowest BCUT2D eigenvalue weighted by atomic mass is 9.99. The van der Waals surface area contributed by atoms with Gasteiger partial charge in [0, 0.05) is 25.6 Å². The van der Waals surface area contributed by atoms with Crippen molar-refractivity contribution in [1.82, 2.24) is 25.0 Å². The molecule has 2 aromatic rings. The molecule has 1 amide bonds. The molecule has 7 nitrogen and oxygen atoms in total. The first-order valence-corrected chi connectivity index (χ1v) is 8.83. The third kappa shape index (κ3) is 3.00. The Morgan fingerprint density at radius 1 is 1.28 bits per heavy atom. The molecule has 0 spiro atoms. The van der Waals surface area contributed by atoms with Crippen LogP contribution in [0.2, 0.25) is 0 Å². The first-order valence-electron chi connectivity index (χ1n) is 8.83. The first-order chi connectivity index (χ1) is 12.3. The number of methoxy groups -OCH3 is 1. The van der Waals surface area contributed by atoms with Crippen molar-refractivity contribution in [3.05, 3.63) is 41.5 Å². The average Bonchev–Trinajstić information content (AvgIpc) is 3.11. The van der Waals surface area contributed by atoms with Gasteiger partial charge in [0.05, 0.1) is 19.2 Å². The summed E-state index contributed by atoms with van der Waals surface area (Å²) in [6.45, 7) is 3.94. The second-order valence-corrected chi connectivity index (χ2v) is 6.60. The van der Waals surface area contributed by atoms with E-state index in [4.69, 9.17) is 4.74 Å². The van der Waals surface area contributed by atoms with Gasteiger partial charge in [-0.25, -0.2) is 0 Å². The molecular formula is C18H23N5O2. The number of nitrogens with zero attached hydrogens (tertiary/aromatic N) is 4. The van der Waals surface area contributed by atoms with Gasteiger partial charge in [-0.2, -0.15) is 0 Å². The molecular weight excluding hydrogens is 318 g/mol. The lowest BCUT2D eigenvalue weighted by Crippen LogP contribution is -2.39. The highest BCUT2D eigenvalue weighted by Gasteiger charge is 2.29. The van der Waals surface area contributed by atoms with E-state index in [2.05, 4.69) is 20.1 Å². The number of ether oxygens (including phenoxy) is 1. The number of aromatic nitrogens is 3. The van der Waals surface area contributed by atoms with E-state index < -0.39 is 0 Å². The van der Waals surface area contributed by atoms with Crippen molar-refractivity contribution in [3.8, 4) is 5.75 Å². The number of fused-ring (bicyclic) bond motifs is 1. The molecule has 1 N–H and O–H groups in total. The van der Waals surface area contributed by atoms with Crippen LogP contribution in [0.3, 0.4) is 0 Å². The molecule has 0 radical (unpaired) electrons. The largest absolute Gasteiger partial charge is 0.496 e. The van der Waals surface area contributed by atoms with Gasteiger partial charge in [0.1, 0.15) is 11.6 Å². The molecule has 3 heterocycles. The average molecular weight is 341 g/mol. The Morgan fingerprint density at radius 3 is 2.96 bits per heavy atom. The van der Waals surface area contributed by atoms with Gasteiger partial charge in [0.25, 0.3) is 5.91 Å². The zero-order valence-electron chi connectivity index (χ0n) is 14.4. The smallest absolute Gasteiger partial charge is 0.258 e. The van der Waals surface area contributed by atoms with Crippen LogP contribution < -0.4 is 10.1 Å². The van der Waals surface area contributed by atoms with Crippen LogP contribution in [-0.4, -0.2) is 52.3 Å². The Labute approximate surface area is 147 Å². The van der Waals surface area contributed by atoms with Crippen molar-refractivity contribution < 1.29 is 9.53 Å². The van der Waals surface area contributed by atoms with Crippen LogP contribution >= 0.6 is 0 Å². The molecule has 1 atom stereocenters. The highest BCUT2D eigenvalue weighted by Crippen LogP contribution is 2.26. The number of benzene rings is 1. The minimum atomic E-state index is -0.0208. The predicted octanol–water partition coefficient (Wildman–Crippen LogP) is 1.41. The summed E-state index contributed by atoms with van der Waals surface area (Å²) >= 11 is 0. The quantitative estimate of drug-likeness (QED) is 0.914. The van der Waals surface area contributed by atoms with Gasteiger partial charge in [-0.05, 0) is 31.5 Å². The van der Waals surface area contributed by atoms with Crippen LogP contribution in [0.4, 0.5) is 0 Å². The molecule has 1 aromatic carbocycles. The second kappa shape index (κ2) is 6.84. The zero-order chi connectivity index (χ0) is 17.2. The predicted molar refractivity (Wildman–Crippen MR) is 92.6 cm³/mol. The Morgan fingerprint density at radius 2 is 2.16 bits per heavy atom. The molecule has 2 aliphatic heterocycles. The van der Waals surface area contributed by atoms with Crippen LogP contribution in [0.5, 0.6) is 5.75 Å². The lowest BCUT2D eigenvalue weighted by molar-refractivity contribution is 0.0702. The third-order valence-corrected chi connectivity index (χ3v) is 5.07. The second-order valence-electron chi connectivity index (χ2n) is 6.60. The molecule has 2 aliphatic rings. The molecule has 25 heavy (non-hydrogen) atoms. The molecule has 132 valence electrons. The zero-order valence-corrected chi connectivity index (χ0v) is 14.4. The van der Waals surface area contributed by atoms with Crippen LogP contribution in [-0.2, 0) is 13.1 Å². The number of hydrogen-bond acceptors (Lipinski definition) is 5. The molecule has 0 saturated carbocycles. The summed E-state index contributed by atoms with van der Waals surface area (Å²) in [5.74, 6) is 2.94. The lowest BCUT2D eigenvalue weighted by Gasteiger charge is -2.30. The van der Waals surface area contributed by atoms with Gasteiger partial charge in [0.15, 0.2) is 5.82 Å². The summed E-state index contributed by atoms with van der Waals surface area (Å²) in [5.41, 5.74) is 0.592. The highest BCUT2D eigenvalue weighted by atomic mass is 16.5. The monoisotopic (exact) mass is 341 g/mol. The first kappa shape index (κ1) is 16.1. The maximum atomic E-state index is 12.9. The van der Waals surface area contributed by atoms with Crippen molar-refractivity contribution in [1.29, 1.82) is 0 Å². The van der Waals surface area contributed by atoms with E-state index in [0.29, 0.717) is 30.3 Å². The Hall–Kier alpha value is -2.41. The third-order valence-electron chi connectivity index (χ3n) is 5.07. The Bertz CT molecular complexity index is 767. The van der Waals surface area contributed by atoms with Crippen molar-refractivity contribution >= 4 is 5.91 Å². The summed E-state index contributed by atoms with van der Waals surface area (Å²) in [7, 11) is 1.59. The number of hydrogen-bond donors (Lipinski definition) is 1. The number of carbonyl (C=O) groups excluding carboxylic acids is 1. The fraction of sp³-hybridized carbons (Fsp3) is 0.500. The van der Waals surface area contributed by atoms with E-state index in [9.17, 15) is 4.79 Å². The molecule has 1 aromatic heterocycles. The topological polar surface area (TPSA) is 72.3 Å². The minimum absolute atomic E-state index is 0.0208. The highest BCUT2D eigenvalue weighted by molar-refractivity contribution is 5.96. The molecule has 0 bridgehead atoms. The van der Waals surface area contributed by atoms with Crippen LogP contribution in [0.25, 0.3) is 0 Å². The van der Waals surface area contributed by atoms with Gasteiger partial charge < -0.3 is 19.5 Å². The van der Waals surface area contributed by atoms with Crippen molar-refractivity contribution in [2.75, 3.05) is 26.7 Å². The normalized spacial score (nSPS) is 20.2. The Kier molecular flexibility index (Phi) is 4.40. The van der Waals surface area contributed by atoms with Crippen LogP contribution in [0.1, 0.15) is 40.8 Å². The van der Waals surface area contributed by atoms with E-state index in [1.54, 1.807) is 13.2 Å². The number of amides is 1. The van der Waals surface area contributed by atoms with Crippen molar-refractivity contribution in [2.24, 2.45) is 0 Å². The maximum absolute atomic E-state index is 12.9. The number of piperidine rings is 1. The molecule has 1 unspecified atom stereocenters. The van der Waals surface area contributed by atoms with E-state index in [0.717, 1.165) is 37.7 Å². The Balaban J connectivity index is 1.53. The van der Waals surface area contributed by atoms with Crippen LogP contribution in [0, 0.1) is 0 Å². The van der Waals surface area contributed by atoms with E-state index >= 15 is 0 Å². The minimum Gasteiger partial charge on any atom is -0.496 e. The number of carbonyl (C=O) groups is 1. The van der Waals surface area contributed by atoms with Gasteiger partial charge in [-0.3, -0.25) is 4.79 Å².